The van der Waals surface area contributed by atoms with Gasteiger partial charge in [0, 0.05) is 65.7 Å². The Hall–Kier alpha value is -4.27. The van der Waals surface area contributed by atoms with Crippen LogP contribution >= 0.6 is 0 Å². The van der Waals surface area contributed by atoms with Crippen LogP contribution in [0.5, 0.6) is 0 Å². The van der Waals surface area contributed by atoms with Gasteiger partial charge < -0.3 is 15.2 Å². The smallest absolute Gasteiger partial charge is 0.224 e. The van der Waals surface area contributed by atoms with Crippen LogP contribution in [0.4, 0.5) is 11.4 Å². The Kier molecular flexibility index (Phi) is 6.06. The number of nitrogens with one attached hydrogen (secondary N) is 3. The minimum atomic E-state index is -0.0888. The van der Waals surface area contributed by atoms with Crippen LogP contribution in [-0.2, 0) is 4.79 Å². The lowest BCUT2D eigenvalue weighted by molar-refractivity contribution is -0.117. The van der Waals surface area contributed by atoms with E-state index in [2.05, 4.69) is 58.5 Å². The topological polar surface area (TPSA) is 115 Å². The Balaban J connectivity index is 1.33. The van der Waals surface area contributed by atoms with Crippen molar-refractivity contribution in [1.82, 2.24) is 30.1 Å². The van der Waals surface area contributed by atoms with Crippen molar-refractivity contribution in [3.05, 3.63) is 49.1 Å². The van der Waals surface area contributed by atoms with Gasteiger partial charge in [-0.1, -0.05) is 20.8 Å². The summed E-state index contributed by atoms with van der Waals surface area (Å²) in [5, 5.41) is 12.6. The molecule has 9 heteroatoms. The Morgan fingerprint density at radius 3 is 2.63 bits per heavy atom. The van der Waals surface area contributed by atoms with Gasteiger partial charge in [0.25, 0.3) is 0 Å². The molecule has 0 atom stereocenters. The third-order valence-electron chi connectivity index (χ3n) is 6.93. The van der Waals surface area contributed by atoms with E-state index in [1.54, 1.807) is 18.6 Å². The number of hydrogen-bond acceptors (Lipinski definition) is 6. The lowest BCUT2D eigenvalue weighted by Crippen LogP contribution is -2.29. The fourth-order valence-corrected chi connectivity index (χ4v) is 5.17. The summed E-state index contributed by atoms with van der Waals surface area (Å²) in [7, 11) is 0. The molecule has 0 spiro atoms. The van der Waals surface area contributed by atoms with Crippen LogP contribution in [0.2, 0.25) is 0 Å². The van der Waals surface area contributed by atoms with Gasteiger partial charge in [0.15, 0.2) is 5.65 Å². The molecule has 0 bridgehead atoms. The van der Waals surface area contributed by atoms with E-state index < -0.39 is 0 Å². The van der Waals surface area contributed by atoms with Crippen molar-refractivity contribution in [2.75, 3.05) is 23.3 Å². The molecule has 5 aromatic rings. The van der Waals surface area contributed by atoms with Crippen LogP contribution in [0, 0.1) is 5.41 Å². The summed E-state index contributed by atoms with van der Waals surface area (Å²) >= 11 is 0. The molecule has 1 saturated heterocycles. The Bertz CT molecular complexity index is 1620. The lowest BCUT2D eigenvalue weighted by atomic mass is 9.92. The van der Waals surface area contributed by atoms with Gasteiger partial charge >= 0.3 is 0 Å². The zero-order valence-electron chi connectivity index (χ0n) is 22.0. The quantitative estimate of drug-likeness (QED) is 0.271. The Labute approximate surface area is 221 Å². The number of fused-ring (bicyclic) bond motifs is 2. The van der Waals surface area contributed by atoms with E-state index in [-0.39, 0.29) is 11.3 Å². The monoisotopic (exact) mass is 508 g/mol. The molecule has 0 radical (unpaired) electrons. The zero-order chi connectivity index (χ0) is 26.3. The van der Waals surface area contributed by atoms with Gasteiger partial charge in [-0.3, -0.25) is 14.9 Å². The highest BCUT2D eigenvalue weighted by Crippen LogP contribution is 2.34. The van der Waals surface area contributed by atoms with Crippen molar-refractivity contribution in [2.24, 2.45) is 5.41 Å². The van der Waals surface area contributed by atoms with E-state index in [1.165, 1.54) is 24.9 Å². The van der Waals surface area contributed by atoms with Crippen molar-refractivity contribution in [2.45, 2.75) is 46.5 Å². The highest BCUT2D eigenvalue weighted by Gasteiger charge is 2.19. The normalized spacial score (nSPS) is 14.3. The highest BCUT2D eigenvalue weighted by molar-refractivity contribution is 5.99. The predicted molar refractivity (Wildman–Crippen MR) is 151 cm³/mol. The molecular weight excluding hydrogens is 476 g/mol. The summed E-state index contributed by atoms with van der Waals surface area (Å²) < 4.78 is 0. The van der Waals surface area contributed by atoms with Gasteiger partial charge in [0.05, 0.1) is 23.3 Å². The largest absolute Gasteiger partial charge is 0.371 e. The van der Waals surface area contributed by atoms with Gasteiger partial charge in [-0.05, 0) is 48.9 Å². The first kappa shape index (κ1) is 24.1. The van der Waals surface area contributed by atoms with E-state index in [1.807, 2.05) is 33.0 Å². The van der Waals surface area contributed by atoms with Gasteiger partial charge in [0.1, 0.15) is 5.65 Å². The molecular formula is C29H32N8O. The van der Waals surface area contributed by atoms with Crippen molar-refractivity contribution in [3.63, 3.8) is 0 Å². The SMILES string of the molecule is CC(C)(C)CC(=O)Nc1cncc(-c2cnc3n[nH]c(-c4cc5c(N6CCCCC6)ccnc5[nH]4)c3c2)c1. The first-order chi connectivity index (χ1) is 18.3. The number of nitrogens with zero attached hydrogens (tertiary/aromatic N) is 5. The molecule has 38 heavy (non-hydrogen) atoms. The second kappa shape index (κ2) is 9.55. The van der Waals surface area contributed by atoms with E-state index in [0.717, 1.165) is 52.0 Å². The number of carbonyl (C=O) groups excluding carboxylic acids is 1. The average molecular weight is 509 g/mol. The molecule has 1 fully saturated rings. The summed E-state index contributed by atoms with van der Waals surface area (Å²) in [5.41, 5.74) is 6.82. The summed E-state index contributed by atoms with van der Waals surface area (Å²) in [6, 6.07) is 8.24. The van der Waals surface area contributed by atoms with E-state index in [9.17, 15) is 4.79 Å². The number of pyridine rings is 3. The standard InChI is InChI=1S/C29H32N8O/c1-29(2,3)14-25(38)33-20-11-18(15-30-17-20)19-12-22-26(35-36-28(22)32-16-19)23-13-21-24(7-8-31-27(21)34-23)37-9-5-4-6-10-37/h7-8,11-13,15-17H,4-6,9-10,14H2,1-3H3,(H,31,34)(H,33,38)(H,32,35,36). The van der Waals surface area contributed by atoms with Crippen LogP contribution in [-0.4, -0.2) is 49.1 Å². The van der Waals surface area contributed by atoms with Crippen molar-refractivity contribution >= 4 is 39.3 Å². The number of aromatic nitrogens is 6. The molecule has 5 aromatic heterocycles. The molecule has 0 aliphatic carbocycles. The molecule has 9 nitrogen and oxygen atoms in total. The number of rotatable bonds is 5. The number of piperidine rings is 1. The summed E-state index contributed by atoms with van der Waals surface area (Å²) in [6.07, 6.45) is 11.3. The van der Waals surface area contributed by atoms with E-state index in [0.29, 0.717) is 17.8 Å². The predicted octanol–water partition coefficient (Wildman–Crippen LogP) is 5.93. The summed E-state index contributed by atoms with van der Waals surface area (Å²) in [5.74, 6) is -0.0292. The van der Waals surface area contributed by atoms with Crippen molar-refractivity contribution in [1.29, 1.82) is 0 Å². The molecule has 0 aromatic carbocycles. The maximum atomic E-state index is 12.4. The molecule has 6 heterocycles. The van der Waals surface area contributed by atoms with Crippen LogP contribution in [0.1, 0.15) is 46.5 Å². The van der Waals surface area contributed by atoms with Gasteiger partial charge in [-0.2, -0.15) is 5.10 Å². The molecule has 3 N–H and O–H groups in total. The van der Waals surface area contributed by atoms with Crippen LogP contribution in [0.3, 0.4) is 0 Å². The van der Waals surface area contributed by atoms with Crippen LogP contribution in [0.15, 0.2) is 49.1 Å². The van der Waals surface area contributed by atoms with Crippen molar-refractivity contribution < 1.29 is 4.79 Å². The van der Waals surface area contributed by atoms with Gasteiger partial charge in [0.2, 0.25) is 5.91 Å². The van der Waals surface area contributed by atoms with Crippen molar-refractivity contribution in [3.8, 4) is 22.5 Å². The minimum Gasteiger partial charge on any atom is -0.371 e. The second-order valence-electron chi connectivity index (χ2n) is 11.3. The molecule has 6 rings (SSSR count). The number of hydrogen-bond donors (Lipinski definition) is 3. The van der Waals surface area contributed by atoms with E-state index in [4.69, 9.17) is 0 Å². The third kappa shape index (κ3) is 4.83. The maximum Gasteiger partial charge on any atom is 0.224 e. The number of anilines is 2. The Morgan fingerprint density at radius 2 is 1.82 bits per heavy atom. The second-order valence-corrected chi connectivity index (χ2v) is 11.3. The molecule has 0 saturated carbocycles. The molecule has 194 valence electrons. The number of amides is 1. The number of aromatic amines is 2. The van der Waals surface area contributed by atoms with Gasteiger partial charge in [-0.25, -0.2) is 9.97 Å². The third-order valence-corrected chi connectivity index (χ3v) is 6.93. The van der Waals surface area contributed by atoms with Crippen LogP contribution in [0.25, 0.3) is 44.6 Å². The highest BCUT2D eigenvalue weighted by atomic mass is 16.1. The average Bonchev–Trinajstić information content (AvgIpc) is 3.51. The number of carbonyl (C=O) groups is 1. The van der Waals surface area contributed by atoms with Crippen LogP contribution < -0.4 is 10.2 Å². The molecule has 1 amide bonds. The fraction of sp³-hybridized carbons (Fsp3) is 0.345. The Morgan fingerprint density at radius 1 is 1.00 bits per heavy atom. The molecule has 1 aliphatic heterocycles. The number of H-pyrrole nitrogens is 2. The van der Waals surface area contributed by atoms with Gasteiger partial charge in [-0.15, -0.1) is 0 Å². The summed E-state index contributed by atoms with van der Waals surface area (Å²) in [4.78, 5) is 31.9. The fourth-order valence-electron chi connectivity index (χ4n) is 5.17. The minimum absolute atomic E-state index is 0.0292. The first-order valence-corrected chi connectivity index (χ1v) is 13.2. The van der Waals surface area contributed by atoms with E-state index >= 15 is 0 Å². The molecule has 1 aliphatic rings. The lowest BCUT2D eigenvalue weighted by Gasteiger charge is -2.29. The first-order valence-electron chi connectivity index (χ1n) is 13.2. The zero-order valence-corrected chi connectivity index (χ0v) is 22.0. The maximum absolute atomic E-state index is 12.4. The summed E-state index contributed by atoms with van der Waals surface area (Å²) in [6.45, 7) is 8.28. The molecule has 0 unspecified atom stereocenters.